The second-order valence-electron chi connectivity index (χ2n) is 5.72. The molecule has 4 N–H and O–H groups in total. The number of nitrogen functional groups attached to an aromatic ring is 1. The molecule has 114 valence electrons. The number of hydrogen-bond donors (Lipinski definition) is 2. The highest BCUT2D eigenvalue weighted by Gasteiger charge is 2.35. The Kier molecular flexibility index (Phi) is 3.96. The summed E-state index contributed by atoms with van der Waals surface area (Å²) in [5.74, 6) is -0.270. The van der Waals surface area contributed by atoms with Crippen molar-refractivity contribution >= 4 is 17.3 Å². The van der Waals surface area contributed by atoms with Crippen molar-refractivity contribution in [1.29, 1.82) is 0 Å². The first-order valence-corrected chi connectivity index (χ1v) is 7.52. The number of amides is 1. The van der Waals surface area contributed by atoms with Crippen molar-refractivity contribution in [3.8, 4) is 0 Å². The average molecular weight is 297 g/mol. The quantitative estimate of drug-likeness (QED) is 0.661. The van der Waals surface area contributed by atoms with Crippen LogP contribution in [0.5, 0.6) is 0 Å². The van der Waals surface area contributed by atoms with Crippen molar-refractivity contribution in [2.45, 2.75) is 24.9 Å². The molecule has 2 atom stereocenters. The molecule has 1 fully saturated rings. The SMILES string of the molecule is NC(=O)C1CCC([n+]2ccccc2)CN1c1ccc(N)cc1. The molecule has 3 rings (SSSR count). The fourth-order valence-corrected chi connectivity index (χ4v) is 3.10. The van der Waals surface area contributed by atoms with E-state index in [9.17, 15) is 4.79 Å². The van der Waals surface area contributed by atoms with Gasteiger partial charge in [0.2, 0.25) is 5.91 Å². The van der Waals surface area contributed by atoms with E-state index in [4.69, 9.17) is 11.5 Å². The van der Waals surface area contributed by atoms with Gasteiger partial charge in [0.05, 0.1) is 6.54 Å². The number of carbonyl (C=O) groups excluding carboxylic acids is 1. The lowest BCUT2D eigenvalue weighted by molar-refractivity contribution is -0.722. The molecule has 0 spiro atoms. The van der Waals surface area contributed by atoms with Crippen LogP contribution < -0.4 is 20.9 Å². The summed E-state index contributed by atoms with van der Waals surface area (Å²) < 4.78 is 2.20. The molecule has 0 radical (unpaired) electrons. The van der Waals surface area contributed by atoms with Crippen LogP contribution in [0.25, 0.3) is 0 Å². The zero-order chi connectivity index (χ0) is 15.5. The van der Waals surface area contributed by atoms with Gasteiger partial charge in [-0.3, -0.25) is 4.79 Å². The largest absolute Gasteiger partial charge is 0.399 e. The van der Waals surface area contributed by atoms with Crippen LogP contribution in [-0.4, -0.2) is 18.5 Å². The number of anilines is 2. The molecule has 1 aromatic heterocycles. The molecule has 0 bridgehead atoms. The van der Waals surface area contributed by atoms with E-state index in [2.05, 4.69) is 21.9 Å². The Labute approximate surface area is 130 Å². The first-order chi connectivity index (χ1) is 10.6. The highest BCUT2D eigenvalue weighted by molar-refractivity contribution is 5.84. The summed E-state index contributed by atoms with van der Waals surface area (Å²) in [5, 5.41) is 0. The minimum absolute atomic E-state index is 0.260. The number of benzene rings is 1. The third-order valence-corrected chi connectivity index (χ3v) is 4.27. The minimum atomic E-state index is -0.270. The van der Waals surface area contributed by atoms with Crippen LogP contribution in [-0.2, 0) is 4.79 Å². The van der Waals surface area contributed by atoms with E-state index in [0.29, 0.717) is 11.7 Å². The number of primary amides is 1. The van der Waals surface area contributed by atoms with Crippen LogP contribution in [0.4, 0.5) is 11.4 Å². The van der Waals surface area contributed by atoms with Crippen LogP contribution in [0, 0.1) is 0 Å². The van der Waals surface area contributed by atoms with E-state index in [-0.39, 0.29) is 11.9 Å². The molecule has 5 heteroatoms. The molecule has 2 unspecified atom stereocenters. The van der Waals surface area contributed by atoms with Gasteiger partial charge in [0.25, 0.3) is 0 Å². The van der Waals surface area contributed by atoms with Crippen LogP contribution in [0.1, 0.15) is 18.9 Å². The van der Waals surface area contributed by atoms with Gasteiger partial charge < -0.3 is 16.4 Å². The first-order valence-electron chi connectivity index (χ1n) is 7.52. The number of pyridine rings is 1. The predicted octanol–water partition coefficient (Wildman–Crippen LogP) is 1.25. The Balaban J connectivity index is 1.88. The molecule has 0 saturated carbocycles. The smallest absolute Gasteiger partial charge is 0.240 e. The Morgan fingerprint density at radius 2 is 1.77 bits per heavy atom. The Morgan fingerprint density at radius 3 is 2.41 bits per heavy atom. The molecule has 1 saturated heterocycles. The van der Waals surface area contributed by atoms with E-state index in [1.165, 1.54) is 0 Å². The maximum absolute atomic E-state index is 11.8. The van der Waals surface area contributed by atoms with Crippen molar-refractivity contribution in [2.24, 2.45) is 5.73 Å². The van der Waals surface area contributed by atoms with E-state index >= 15 is 0 Å². The van der Waals surface area contributed by atoms with Crippen molar-refractivity contribution in [3.05, 3.63) is 54.9 Å². The molecule has 1 aliphatic heterocycles. The molecule has 1 amide bonds. The number of hydrogen-bond acceptors (Lipinski definition) is 3. The number of nitrogens with zero attached hydrogens (tertiary/aromatic N) is 2. The molecule has 1 aliphatic rings. The van der Waals surface area contributed by atoms with Crippen LogP contribution in [0.3, 0.4) is 0 Å². The van der Waals surface area contributed by atoms with Gasteiger partial charge in [0.15, 0.2) is 18.4 Å². The van der Waals surface area contributed by atoms with Crippen LogP contribution in [0.2, 0.25) is 0 Å². The molecule has 1 aromatic carbocycles. The fourth-order valence-electron chi connectivity index (χ4n) is 3.10. The highest BCUT2D eigenvalue weighted by Crippen LogP contribution is 2.28. The Morgan fingerprint density at radius 1 is 1.09 bits per heavy atom. The van der Waals surface area contributed by atoms with Gasteiger partial charge in [-0.2, -0.15) is 0 Å². The van der Waals surface area contributed by atoms with Gasteiger partial charge >= 0.3 is 0 Å². The fraction of sp³-hybridized carbons (Fsp3) is 0.294. The maximum atomic E-state index is 11.8. The molecule has 0 aliphatic carbocycles. The number of piperidine rings is 1. The predicted molar refractivity (Wildman–Crippen MR) is 86.1 cm³/mol. The second-order valence-corrected chi connectivity index (χ2v) is 5.72. The van der Waals surface area contributed by atoms with Crippen molar-refractivity contribution in [2.75, 3.05) is 17.2 Å². The van der Waals surface area contributed by atoms with Crippen LogP contribution >= 0.6 is 0 Å². The lowest BCUT2D eigenvalue weighted by Crippen LogP contribution is -2.56. The summed E-state index contributed by atoms with van der Waals surface area (Å²) in [7, 11) is 0. The molecular weight excluding hydrogens is 276 g/mol. The number of rotatable bonds is 3. The lowest BCUT2D eigenvalue weighted by Gasteiger charge is -2.37. The second kappa shape index (κ2) is 6.05. The Hall–Kier alpha value is -2.56. The normalized spacial score (nSPS) is 21.5. The summed E-state index contributed by atoms with van der Waals surface area (Å²) in [6, 6.07) is 13.7. The Bertz CT molecular complexity index is 641. The first kappa shape index (κ1) is 14.4. The molecule has 22 heavy (non-hydrogen) atoms. The highest BCUT2D eigenvalue weighted by atomic mass is 16.1. The molecule has 2 heterocycles. The monoisotopic (exact) mass is 297 g/mol. The maximum Gasteiger partial charge on any atom is 0.240 e. The van der Waals surface area contributed by atoms with Crippen molar-refractivity contribution < 1.29 is 9.36 Å². The molecule has 2 aromatic rings. The van der Waals surface area contributed by atoms with Gasteiger partial charge in [-0.05, 0) is 30.7 Å². The zero-order valence-corrected chi connectivity index (χ0v) is 12.4. The van der Waals surface area contributed by atoms with Crippen molar-refractivity contribution in [1.82, 2.24) is 0 Å². The van der Waals surface area contributed by atoms with Gasteiger partial charge in [0.1, 0.15) is 6.04 Å². The zero-order valence-electron chi connectivity index (χ0n) is 12.4. The topological polar surface area (TPSA) is 76.2 Å². The molecule has 5 nitrogen and oxygen atoms in total. The van der Waals surface area contributed by atoms with E-state index < -0.39 is 0 Å². The molecular formula is C17H21N4O+. The average Bonchev–Trinajstić information content (AvgIpc) is 2.56. The lowest BCUT2D eigenvalue weighted by atomic mass is 9.96. The summed E-state index contributed by atoms with van der Waals surface area (Å²) in [5.41, 5.74) is 13.1. The van der Waals surface area contributed by atoms with Gasteiger partial charge in [0, 0.05) is 29.9 Å². The van der Waals surface area contributed by atoms with Crippen LogP contribution in [0.15, 0.2) is 54.9 Å². The van der Waals surface area contributed by atoms with E-state index in [1.807, 2.05) is 42.5 Å². The summed E-state index contributed by atoms with van der Waals surface area (Å²) in [6.07, 6.45) is 5.83. The van der Waals surface area contributed by atoms with Crippen molar-refractivity contribution in [3.63, 3.8) is 0 Å². The number of nitrogens with two attached hydrogens (primary N) is 2. The number of aromatic nitrogens is 1. The minimum Gasteiger partial charge on any atom is -0.399 e. The summed E-state index contributed by atoms with van der Waals surface area (Å²) >= 11 is 0. The third-order valence-electron chi connectivity index (χ3n) is 4.27. The van der Waals surface area contributed by atoms with Gasteiger partial charge in [-0.15, -0.1) is 0 Å². The third kappa shape index (κ3) is 2.88. The van der Waals surface area contributed by atoms with E-state index in [1.54, 1.807) is 0 Å². The van der Waals surface area contributed by atoms with Gasteiger partial charge in [-0.1, -0.05) is 6.07 Å². The van der Waals surface area contributed by atoms with E-state index in [0.717, 1.165) is 25.1 Å². The summed E-state index contributed by atoms with van der Waals surface area (Å²) in [6.45, 7) is 0.756. The van der Waals surface area contributed by atoms with Gasteiger partial charge in [-0.25, -0.2) is 4.57 Å². The number of carbonyl (C=O) groups is 1. The standard InChI is InChI=1S/C17H20N4O/c18-13-4-6-14(7-5-13)21-12-15(8-9-16(21)17(19)22)20-10-2-1-3-11-20/h1-7,10-11,15-16H,8-9,12,18H2,(H-,19,22)/p+1. The summed E-state index contributed by atoms with van der Waals surface area (Å²) in [4.78, 5) is 13.9.